The number of carbonyl (C=O) groups excluding carboxylic acids is 1. The lowest BCUT2D eigenvalue weighted by Crippen LogP contribution is -2.55. The minimum Gasteiger partial charge on any atom is -0.504 e. The summed E-state index contributed by atoms with van der Waals surface area (Å²) < 4.78 is 20.1. The highest BCUT2D eigenvalue weighted by atomic mass is 19.1. The average Bonchev–Trinajstić information content (AvgIpc) is 2.75. The number of carbonyl (C=O) groups is 1. The smallest absolute Gasteiger partial charge is 0.329 e. The van der Waals surface area contributed by atoms with Crippen LogP contribution < -0.4 is 21.3 Å². The van der Waals surface area contributed by atoms with Crippen molar-refractivity contribution in [2.45, 2.75) is 44.7 Å². The number of hydrogen-bond acceptors (Lipinski definition) is 6. The number of benzene rings is 1. The monoisotopic (exact) mass is 468 g/mol. The van der Waals surface area contributed by atoms with E-state index in [0.29, 0.717) is 23.8 Å². The number of nitrogens with zero attached hydrogens (tertiary/aromatic N) is 2. The van der Waals surface area contributed by atoms with E-state index in [1.165, 1.54) is 13.2 Å². The molecule has 2 bridgehead atoms. The molecule has 3 N–H and O–H groups in total. The topological polar surface area (TPSA) is 126 Å². The molecule has 3 aliphatic rings. The highest BCUT2D eigenvalue weighted by Gasteiger charge is 2.57. The molecule has 2 heterocycles. The van der Waals surface area contributed by atoms with Crippen LogP contribution in [0.4, 0.5) is 4.39 Å². The summed E-state index contributed by atoms with van der Waals surface area (Å²) in [4.78, 5) is 46.6. The maximum absolute atomic E-state index is 14.0. The molecule has 3 aliphatic carbocycles. The van der Waals surface area contributed by atoms with E-state index in [0.717, 1.165) is 29.9 Å². The molecule has 9 nitrogen and oxygen atoms in total. The second kappa shape index (κ2) is 7.96. The maximum atomic E-state index is 14.0. The summed E-state index contributed by atoms with van der Waals surface area (Å²) in [5.74, 6) is -1.26. The Morgan fingerprint density at radius 1 is 1.35 bits per heavy atom. The molecule has 0 unspecified atom stereocenters. The van der Waals surface area contributed by atoms with E-state index in [1.54, 1.807) is 25.3 Å². The number of fused-ring (bicyclic) bond motifs is 1. The Morgan fingerprint density at radius 3 is 2.74 bits per heavy atom. The highest BCUT2D eigenvalue weighted by molar-refractivity contribution is 5.85. The van der Waals surface area contributed by atoms with Gasteiger partial charge < -0.3 is 20.1 Å². The number of methoxy groups -OCH3 is 1. The molecule has 10 heteroatoms. The quantitative estimate of drug-likeness (QED) is 0.489. The van der Waals surface area contributed by atoms with Gasteiger partial charge >= 0.3 is 5.69 Å². The van der Waals surface area contributed by atoms with Crippen LogP contribution in [0.15, 0.2) is 40.1 Å². The van der Waals surface area contributed by atoms with Gasteiger partial charge in [-0.15, -0.1) is 0 Å². The van der Waals surface area contributed by atoms with E-state index in [-0.39, 0.29) is 16.3 Å². The number of aromatic hydroxyl groups is 1. The Kier molecular flexibility index (Phi) is 5.18. The van der Waals surface area contributed by atoms with Crippen LogP contribution in [0.5, 0.6) is 11.5 Å². The Labute approximate surface area is 193 Å². The van der Waals surface area contributed by atoms with Gasteiger partial charge in [-0.2, -0.15) is 0 Å². The molecule has 178 valence electrons. The van der Waals surface area contributed by atoms with Gasteiger partial charge in [-0.1, -0.05) is 0 Å². The number of H-pyrrole nitrogens is 1. The Morgan fingerprint density at radius 2 is 2.09 bits per heavy atom. The lowest BCUT2D eigenvalue weighted by Gasteiger charge is -2.63. The van der Waals surface area contributed by atoms with Crippen LogP contribution in [0.2, 0.25) is 0 Å². The minimum absolute atomic E-state index is 0.00131. The number of hydrogen-bond donors (Lipinski definition) is 3. The number of ether oxygens (including phenoxy) is 1. The van der Waals surface area contributed by atoms with Crippen molar-refractivity contribution in [2.75, 3.05) is 7.11 Å². The van der Waals surface area contributed by atoms with Gasteiger partial charge in [-0.05, 0) is 68.2 Å². The number of rotatable bonds is 7. The molecule has 0 aliphatic heterocycles. The van der Waals surface area contributed by atoms with Crippen molar-refractivity contribution in [3.63, 3.8) is 0 Å². The Hall–Kier alpha value is -3.69. The first-order chi connectivity index (χ1) is 16.2. The van der Waals surface area contributed by atoms with Crippen LogP contribution >= 0.6 is 0 Å². The maximum Gasteiger partial charge on any atom is 0.329 e. The molecule has 1 aromatic carbocycles. The number of amides is 1. The third-order valence-electron chi connectivity index (χ3n) is 7.22. The summed E-state index contributed by atoms with van der Waals surface area (Å²) in [5.41, 5.74) is -1.30. The van der Waals surface area contributed by atoms with Gasteiger partial charge in [0.2, 0.25) is 5.91 Å². The van der Waals surface area contributed by atoms with Crippen molar-refractivity contribution < 1.29 is 19.0 Å². The predicted octanol–water partition coefficient (Wildman–Crippen LogP) is 2.55. The minimum atomic E-state index is -1.14. The average molecular weight is 468 g/mol. The summed E-state index contributed by atoms with van der Waals surface area (Å²) >= 11 is 0. The van der Waals surface area contributed by atoms with E-state index in [2.05, 4.69) is 15.3 Å². The number of aromatic nitrogens is 3. The van der Waals surface area contributed by atoms with Gasteiger partial charge in [0.15, 0.2) is 11.6 Å². The van der Waals surface area contributed by atoms with Crippen LogP contribution in [0.3, 0.4) is 0 Å². The Balaban J connectivity index is 1.56. The van der Waals surface area contributed by atoms with Crippen molar-refractivity contribution in [3.8, 4) is 11.5 Å². The number of aromatic amines is 1. The van der Waals surface area contributed by atoms with E-state index < -0.39 is 40.8 Å². The number of halogens is 1. The number of phenolic OH excluding ortho intramolecular Hbond substituents is 1. The van der Waals surface area contributed by atoms with Crippen LogP contribution in [0, 0.1) is 17.2 Å². The van der Waals surface area contributed by atoms with Crippen LogP contribution in [-0.4, -0.2) is 32.7 Å². The van der Waals surface area contributed by atoms with Gasteiger partial charge in [-0.3, -0.25) is 14.6 Å². The lowest BCUT2D eigenvalue weighted by molar-refractivity contribution is -0.140. The molecule has 6 rings (SSSR count). The first-order valence-corrected chi connectivity index (χ1v) is 11.2. The molecule has 2 aromatic heterocycles. The van der Waals surface area contributed by atoms with Crippen molar-refractivity contribution in [1.82, 2.24) is 19.9 Å². The van der Waals surface area contributed by atoms with Crippen LogP contribution in [0.25, 0.3) is 10.9 Å². The molecule has 34 heavy (non-hydrogen) atoms. The second-order valence-electron chi connectivity index (χ2n) is 9.44. The van der Waals surface area contributed by atoms with Gasteiger partial charge in [0.1, 0.15) is 22.9 Å². The van der Waals surface area contributed by atoms with Gasteiger partial charge in [-0.25, -0.2) is 13.8 Å². The van der Waals surface area contributed by atoms with Crippen molar-refractivity contribution >= 4 is 16.8 Å². The molecular formula is C24H25FN4O5. The van der Waals surface area contributed by atoms with Crippen molar-refractivity contribution in [3.05, 3.63) is 62.8 Å². The number of phenols is 1. The zero-order chi connectivity index (χ0) is 24.2. The Bertz CT molecular complexity index is 1400. The van der Waals surface area contributed by atoms with E-state index in [4.69, 9.17) is 4.74 Å². The summed E-state index contributed by atoms with van der Waals surface area (Å²) in [6, 6.07) is 3.90. The summed E-state index contributed by atoms with van der Waals surface area (Å²) in [6.07, 6.45) is 4.71. The van der Waals surface area contributed by atoms with E-state index in [9.17, 15) is 23.9 Å². The molecule has 3 aromatic rings. The summed E-state index contributed by atoms with van der Waals surface area (Å²) in [5, 5.41) is 12.7. The van der Waals surface area contributed by atoms with Gasteiger partial charge in [0.05, 0.1) is 18.7 Å². The molecule has 0 spiro atoms. The van der Waals surface area contributed by atoms with Crippen LogP contribution in [0.1, 0.15) is 50.4 Å². The molecule has 3 saturated carbocycles. The van der Waals surface area contributed by atoms with Gasteiger partial charge in [0, 0.05) is 6.20 Å². The predicted molar refractivity (Wildman–Crippen MR) is 121 cm³/mol. The summed E-state index contributed by atoms with van der Waals surface area (Å²) in [6.45, 7) is 1.73. The molecule has 2 atom stereocenters. The SMILES string of the molecule is COc1cccnc1[C@H](C)NC(=O)[C@H](CC12CC(C1)C2)n1c(=O)[nH]c2ccc(F)c(O)c2c1=O. The zero-order valence-electron chi connectivity index (χ0n) is 18.8. The fourth-order valence-corrected chi connectivity index (χ4v) is 5.46. The first-order valence-electron chi connectivity index (χ1n) is 11.2. The largest absolute Gasteiger partial charge is 0.504 e. The summed E-state index contributed by atoms with van der Waals surface area (Å²) in [7, 11) is 1.50. The van der Waals surface area contributed by atoms with Crippen LogP contribution in [-0.2, 0) is 4.79 Å². The molecule has 3 fully saturated rings. The van der Waals surface area contributed by atoms with E-state index in [1.807, 2.05) is 0 Å². The van der Waals surface area contributed by atoms with Gasteiger partial charge in [0.25, 0.3) is 5.56 Å². The normalized spacial score (nSPS) is 22.4. The van der Waals surface area contributed by atoms with E-state index >= 15 is 0 Å². The van der Waals surface area contributed by atoms with Crippen molar-refractivity contribution in [1.29, 1.82) is 0 Å². The fraction of sp³-hybridized carbons (Fsp3) is 0.417. The number of pyridine rings is 1. The first kappa shape index (κ1) is 22.1. The fourth-order valence-electron chi connectivity index (χ4n) is 5.46. The third kappa shape index (κ3) is 3.44. The van der Waals surface area contributed by atoms with Crippen molar-refractivity contribution in [2.24, 2.45) is 11.3 Å². The number of nitrogens with one attached hydrogen (secondary N) is 2. The zero-order valence-corrected chi connectivity index (χ0v) is 18.8. The standard InChI is InChI=1S/C24H25FN4O5/c1-12(19-17(34-2)4-3-7-26-19)27-21(31)16(11-24-8-13(9-24)10-24)29-22(32)18-15(28-23(29)33)6-5-14(25)20(18)30/h3-7,12-13,16,30H,8-11H2,1-2H3,(H,27,31)(H,28,33)/t12-,13?,16-,24?/m0/s1. The molecule has 0 radical (unpaired) electrons. The third-order valence-corrected chi connectivity index (χ3v) is 7.22. The second-order valence-corrected chi connectivity index (χ2v) is 9.44. The lowest BCUT2D eigenvalue weighted by atomic mass is 9.43. The molecule has 1 amide bonds. The highest BCUT2D eigenvalue weighted by Crippen LogP contribution is 2.67. The molecule has 0 saturated heterocycles. The molecular weight excluding hydrogens is 443 g/mol.